The molecule has 2 atom stereocenters. The summed E-state index contributed by atoms with van der Waals surface area (Å²) in [6.45, 7) is 4.92. The second kappa shape index (κ2) is 12.9. The summed E-state index contributed by atoms with van der Waals surface area (Å²) < 4.78 is 15.1. The van der Waals surface area contributed by atoms with Crippen LogP contribution in [0.3, 0.4) is 0 Å². The fourth-order valence-corrected chi connectivity index (χ4v) is 3.46. The average Bonchev–Trinajstić information content (AvgIpc) is 2.79. The van der Waals surface area contributed by atoms with Gasteiger partial charge >= 0.3 is 6.09 Å². The van der Waals surface area contributed by atoms with Gasteiger partial charge in [-0.3, -0.25) is 14.4 Å². The number of methoxy groups -OCH3 is 1. The second-order valence-electron chi connectivity index (χ2n) is 8.05. The van der Waals surface area contributed by atoms with Gasteiger partial charge in [0, 0.05) is 26.0 Å². The van der Waals surface area contributed by atoms with Crippen LogP contribution in [-0.4, -0.2) is 63.1 Å². The van der Waals surface area contributed by atoms with Crippen molar-refractivity contribution < 1.29 is 33.4 Å². The van der Waals surface area contributed by atoms with Gasteiger partial charge in [0.25, 0.3) is 5.91 Å². The minimum Gasteiger partial charge on any atom is -0.447 e. The number of nitrogens with one attached hydrogen (secondary N) is 2. The van der Waals surface area contributed by atoms with E-state index in [4.69, 9.17) is 14.2 Å². The first-order valence-electron chi connectivity index (χ1n) is 10.7. The third-order valence-electron chi connectivity index (χ3n) is 5.15. The van der Waals surface area contributed by atoms with E-state index in [0.29, 0.717) is 13.2 Å². The number of amides is 2. The van der Waals surface area contributed by atoms with Gasteiger partial charge in [-0.25, -0.2) is 4.79 Å². The molecule has 0 fully saturated rings. The highest BCUT2D eigenvalue weighted by Gasteiger charge is 2.33. The molecule has 0 saturated heterocycles. The van der Waals surface area contributed by atoms with Gasteiger partial charge in [0.05, 0.1) is 25.9 Å². The first kappa shape index (κ1) is 25.5. The number of hydrogen-bond donors (Lipinski definition) is 2. The van der Waals surface area contributed by atoms with Crippen LogP contribution >= 0.6 is 0 Å². The molecule has 9 heteroatoms. The number of ether oxygens (including phenoxy) is 3. The highest BCUT2D eigenvalue weighted by molar-refractivity contribution is 6.37. The van der Waals surface area contributed by atoms with Crippen molar-refractivity contribution in [2.24, 2.45) is 11.8 Å². The molecule has 2 amide bonds. The first-order valence-corrected chi connectivity index (χ1v) is 10.7. The van der Waals surface area contributed by atoms with Gasteiger partial charge in [-0.2, -0.15) is 0 Å². The van der Waals surface area contributed by atoms with Crippen LogP contribution in [0.1, 0.15) is 31.4 Å². The summed E-state index contributed by atoms with van der Waals surface area (Å²) >= 11 is 0. The molecule has 32 heavy (non-hydrogen) atoms. The molecule has 9 nitrogen and oxygen atoms in total. The van der Waals surface area contributed by atoms with Crippen molar-refractivity contribution in [2.75, 3.05) is 33.5 Å². The summed E-state index contributed by atoms with van der Waals surface area (Å²) in [5, 5.41) is 5.18. The monoisotopic (exact) mass is 448 g/mol. The number of benzene rings is 1. The number of carbonyl (C=O) groups excluding carboxylic acids is 4. The lowest BCUT2D eigenvalue weighted by atomic mass is 9.86. The normalized spacial score (nSPS) is 17.1. The van der Waals surface area contributed by atoms with Crippen LogP contribution in [0.4, 0.5) is 4.79 Å². The summed E-state index contributed by atoms with van der Waals surface area (Å²) in [7, 11) is 1.56. The number of fused-ring (bicyclic) bond motifs is 2. The van der Waals surface area contributed by atoms with Crippen molar-refractivity contribution in [3.63, 3.8) is 0 Å². The molecule has 2 bridgehead atoms. The Kier molecular flexibility index (Phi) is 10.3. The maximum atomic E-state index is 13.0. The van der Waals surface area contributed by atoms with Crippen LogP contribution in [0, 0.1) is 11.8 Å². The van der Waals surface area contributed by atoms with Crippen LogP contribution in [0.5, 0.6) is 0 Å². The van der Waals surface area contributed by atoms with Crippen molar-refractivity contribution >= 4 is 23.6 Å². The van der Waals surface area contributed by atoms with Crippen LogP contribution in [-0.2, 0) is 41.6 Å². The molecule has 0 aliphatic carbocycles. The van der Waals surface area contributed by atoms with E-state index in [0.717, 1.165) is 11.1 Å². The average molecular weight is 449 g/mol. The molecule has 0 spiro atoms. The fourth-order valence-electron chi connectivity index (χ4n) is 3.46. The Morgan fingerprint density at radius 1 is 1.12 bits per heavy atom. The number of ketones is 2. The minimum absolute atomic E-state index is 0.0339. The Morgan fingerprint density at radius 3 is 2.56 bits per heavy atom. The van der Waals surface area contributed by atoms with E-state index < -0.39 is 29.7 Å². The lowest BCUT2D eigenvalue weighted by Crippen LogP contribution is -2.46. The fraction of sp³-hybridized carbons (Fsp3) is 0.565. The summed E-state index contributed by atoms with van der Waals surface area (Å²) in [6.07, 6.45) is -0.613. The molecule has 1 aliphatic rings. The lowest BCUT2D eigenvalue weighted by Gasteiger charge is -2.23. The third kappa shape index (κ3) is 8.05. The molecule has 1 aromatic rings. The van der Waals surface area contributed by atoms with Gasteiger partial charge in [0.15, 0.2) is 5.78 Å². The zero-order valence-corrected chi connectivity index (χ0v) is 18.8. The molecule has 2 rings (SSSR count). The number of carbonyl (C=O) groups is 4. The van der Waals surface area contributed by atoms with Gasteiger partial charge in [0.2, 0.25) is 5.78 Å². The van der Waals surface area contributed by atoms with E-state index in [2.05, 4.69) is 10.6 Å². The maximum absolute atomic E-state index is 13.0. The molecule has 2 unspecified atom stereocenters. The van der Waals surface area contributed by atoms with Gasteiger partial charge in [0.1, 0.15) is 6.61 Å². The van der Waals surface area contributed by atoms with Crippen molar-refractivity contribution in [3.05, 3.63) is 35.4 Å². The quantitative estimate of drug-likeness (QED) is 0.388. The number of hydrogen-bond acceptors (Lipinski definition) is 7. The highest BCUT2D eigenvalue weighted by atomic mass is 16.6. The first-order chi connectivity index (χ1) is 15.3. The molecule has 2 N–H and O–H groups in total. The second-order valence-corrected chi connectivity index (χ2v) is 8.05. The Bertz CT molecular complexity index is 809. The molecule has 1 heterocycles. The molecule has 0 radical (unpaired) electrons. The van der Waals surface area contributed by atoms with E-state index in [1.807, 2.05) is 24.3 Å². The number of rotatable bonds is 11. The SMILES string of the molecule is COCCOCCOC(=O)NC(C(=O)CC1Cc2cccc(c2)CNC(=O)C1=O)C(C)C. The molecule has 0 saturated carbocycles. The zero-order chi connectivity index (χ0) is 23.5. The molecular weight excluding hydrogens is 416 g/mol. The van der Waals surface area contributed by atoms with Gasteiger partial charge in [-0.15, -0.1) is 0 Å². The van der Waals surface area contributed by atoms with Crippen molar-refractivity contribution in [1.29, 1.82) is 0 Å². The van der Waals surface area contributed by atoms with E-state index in [1.165, 1.54) is 0 Å². The van der Waals surface area contributed by atoms with Crippen LogP contribution < -0.4 is 10.6 Å². The van der Waals surface area contributed by atoms with Gasteiger partial charge in [-0.05, 0) is 23.5 Å². The number of Topliss-reactive ketones (excluding diaryl/α,β-unsaturated/α-hetero) is 2. The Labute approximate surface area is 188 Å². The highest BCUT2D eigenvalue weighted by Crippen LogP contribution is 2.20. The van der Waals surface area contributed by atoms with Crippen LogP contribution in [0.25, 0.3) is 0 Å². The molecule has 176 valence electrons. The van der Waals surface area contributed by atoms with Crippen molar-refractivity contribution in [3.8, 4) is 0 Å². The standard InChI is InChI=1S/C23H32N2O7/c1-15(2)20(25-23(29)32-10-9-31-8-7-30-3)19(26)13-18-12-16-5-4-6-17(11-16)14-24-22(28)21(18)27/h4-6,11,15,18,20H,7-10,12-14H2,1-3H3,(H,24,28)(H,25,29). The molecule has 0 aromatic heterocycles. The van der Waals surface area contributed by atoms with Gasteiger partial charge < -0.3 is 24.8 Å². The van der Waals surface area contributed by atoms with Crippen LogP contribution in [0.15, 0.2) is 24.3 Å². The van der Waals surface area contributed by atoms with Gasteiger partial charge in [-0.1, -0.05) is 38.1 Å². The summed E-state index contributed by atoms with van der Waals surface area (Å²) in [6, 6.07) is 6.67. The summed E-state index contributed by atoms with van der Waals surface area (Å²) in [5.74, 6) is -2.68. The Hall–Kier alpha value is -2.78. The lowest BCUT2D eigenvalue weighted by molar-refractivity contribution is -0.141. The molecular formula is C23H32N2O7. The minimum atomic E-state index is -0.841. The molecule has 1 aromatic carbocycles. The Balaban J connectivity index is 1.97. The summed E-state index contributed by atoms with van der Waals surface area (Å²) in [5.41, 5.74) is 1.78. The van der Waals surface area contributed by atoms with E-state index >= 15 is 0 Å². The zero-order valence-electron chi connectivity index (χ0n) is 18.8. The van der Waals surface area contributed by atoms with E-state index in [-0.39, 0.29) is 44.3 Å². The summed E-state index contributed by atoms with van der Waals surface area (Å²) in [4.78, 5) is 50.0. The predicted octanol–water partition coefficient (Wildman–Crippen LogP) is 1.42. The van der Waals surface area contributed by atoms with Crippen LogP contribution in [0.2, 0.25) is 0 Å². The molecule has 1 aliphatic heterocycles. The van der Waals surface area contributed by atoms with Crippen molar-refractivity contribution in [2.45, 2.75) is 39.3 Å². The van der Waals surface area contributed by atoms with E-state index in [1.54, 1.807) is 21.0 Å². The number of alkyl carbamates (subject to hydrolysis) is 1. The van der Waals surface area contributed by atoms with Crippen molar-refractivity contribution in [1.82, 2.24) is 10.6 Å². The largest absolute Gasteiger partial charge is 0.447 e. The maximum Gasteiger partial charge on any atom is 0.407 e. The Morgan fingerprint density at radius 2 is 1.84 bits per heavy atom. The topological polar surface area (TPSA) is 120 Å². The third-order valence-corrected chi connectivity index (χ3v) is 5.15. The van der Waals surface area contributed by atoms with E-state index in [9.17, 15) is 19.2 Å². The predicted molar refractivity (Wildman–Crippen MR) is 116 cm³/mol. The smallest absolute Gasteiger partial charge is 0.407 e.